The third-order valence-corrected chi connectivity index (χ3v) is 2.52. The van der Waals surface area contributed by atoms with Crippen LogP contribution in [0.1, 0.15) is 27.2 Å². The molecule has 0 aromatic carbocycles. The number of hydrogen-bond acceptors (Lipinski definition) is 3. The Morgan fingerprint density at radius 3 is 2.53 bits per heavy atom. The van der Waals surface area contributed by atoms with E-state index < -0.39 is 36.7 Å². The summed E-state index contributed by atoms with van der Waals surface area (Å²) < 4.78 is 32.8. The van der Waals surface area contributed by atoms with Gasteiger partial charge >= 0.3 is 0 Å². The van der Waals surface area contributed by atoms with Crippen LogP contribution in [0.5, 0.6) is 0 Å². The van der Waals surface area contributed by atoms with Gasteiger partial charge in [0.1, 0.15) is 12.7 Å². The fourth-order valence-corrected chi connectivity index (χ4v) is 1.80. The summed E-state index contributed by atoms with van der Waals surface area (Å²) in [6, 6.07) is 0. The molecule has 1 rings (SSSR count). The lowest BCUT2D eigenvalue weighted by Gasteiger charge is -2.40. The van der Waals surface area contributed by atoms with Crippen molar-refractivity contribution in [3.63, 3.8) is 0 Å². The normalized spacial score (nSPS) is 24.8. The van der Waals surface area contributed by atoms with Crippen LogP contribution in [0.2, 0.25) is 0 Å². The van der Waals surface area contributed by atoms with Gasteiger partial charge in [-0.1, -0.05) is 0 Å². The Hall–Kier alpha value is -0.750. The average Bonchev–Trinajstić information content (AvgIpc) is 2.17. The number of carbonyl (C=O) groups is 1. The smallest absolute Gasteiger partial charge is 0.290 e. The number of hydrogen-bond donors (Lipinski definition) is 1. The number of halogens is 2. The highest BCUT2D eigenvalue weighted by molar-refractivity contribution is 5.77. The van der Waals surface area contributed by atoms with E-state index in [-0.39, 0.29) is 13.0 Å². The lowest BCUT2D eigenvalue weighted by atomic mass is 10.0. The molecule has 6 heteroatoms. The summed E-state index contributed by atoms with van der Waals surface area (Å²) in [5.41, 5.74) is -0.642. The minimum Gasteiger partial charge on any atom is -0.387 e. The van der Waals surface area contributed by atoms with E-state index in [1.54, 1.807) is 20.8 Å². The van der Waals surface area contributed by atoms with Crippen LogP contribution in [0.25, 0.3) is 0 Å². The van der Waals surface area contributed by atoms with Gasteiger partial charge in [-0.2, -0.15) is 0 Å². The molecule has 0 radical (unpaired) electrons. The number of piperidine rings is 1. The van der Waals surface area contributed by atoms with Crippen LogP contribution in [0.15, 0.2) is 0 Å². The number of ether oxygens (including phenoxy) is 1. The molecule has 17 heavy (non-hydrogen) atoms. The maximum absolute atomic E-state index is 13.7. The van der Waals surface area contributed by atoms with Crippen LogP contribution in [-0.2, 0) is 9.53 Å². The molecular weight excluding hydrogens is 232 g/mol. The topological polar surface area (TPSA) is 49.8 Å². The molecule has 1 aliphatic heterocycles. The Kier molecular flexibility index (Phi) is 4.09. The molecule has 1 aliphatic rings. The number of carbonyl (C=O) groups excluding carboxylic acids is 1. The highest BCUT2D eigenvalue weighted by Gasteiger charge is 2.47. The fourth-order valence-electron chi connectivity index (χ4n) is 1.80. The van der Waals surface area contributed by atoms with Crippen LogP contribution in [0, 0.1) is 0 Å². The van der Waals surface area contributed by atoms with E-state index in [9.17, 15) is 13.6 Å². The first-order chi connectivity index (χ1) is 7.65. The highest BCUT2D eigenvalue weighted by Crippen LogP contribution is 2.32. The van der Waals surface area contributed by atoms with Crippen LogP contribution < -0.4 is 0 Å². The Morgan fingerprint density at radius 1 is 1.53 bits per heavy atom. The van der Waals surface area contributed by atoms with Crippen molar-refractivity contribution in [2.24, 2.45) is 0 Å². The maximum Gasteiger partial charge on any atom is 0.290 e. The fraction of sp³-hybridized carbons (Fsp3) is 0.909. The molecule has 1 saturated heterocycles. The van der Waals surface area contributed by atoms with E-state index in [4.69, 9.17) is 9.84 Å². The number of likely N-dealkylation sites (tertiary alicyclic amines) is 1. The summed E-state index contributed by atoms with van der Waals surface area (Å²) >= 11 is 0. The average molecular weight is 251 g/mol. The van der Waals surface area contributed by atoms with Gasteiger partial charge in [0, 0.05) is 6.54 Å². The second-order valence-electron chi connectivity index (χ2n) is 5.24. The lowest BCUT2D eigenvalue weighted by molar-refractivity contribution is -0.208. The third kappa shape index (κ3) is 3.89. The molecule has 0 aliphatic carbocycles. The van der Waals surface area contributed by atoms with Gasteiger partial charge in [-0.25, -0.2) is 8.78 Å². The van der Waals surface area contributed by atoms with E-state index >= 15 is 0 Å². The van der Waals surface area contributed by atoms with Crippen molar-refractivity contribution >= 4 is 5.91 Å². The lowest BCUT2D eigenvalue weighted by Crippen LogP contribution is -2.56. The van der Waals surface area contributed by atoms with Gasteiger partial charge in [-0.3, -0.25) is 4.79 Å². The van der Waals surface area contributed by atoms with Crippen molar-refractivity contribution in [1.29, 1.82) is 0 Å². The number of amides is 1. The molecule has 1 atom stereocenters. The van der Waals surface area contributed by atoms with Gasteiger partial charge in [-0.15, -0.1) is 0 Å². The van der Waals surface area contributed by atoms with Gasteiger partial charge in [0.2, 0.25) is 5.91 Å². The second kappa shape index (κ2) is 4.86. The van der Waals surface area contributed by atoms with Crippen molar-refractivity contribution in [2.75, 3.05) is 19.7 Å². The number of aliphatic hydroxyl groups is 1. The van der Waals surface area contributed by atoms with E-state index in [0.717, 1.165) is 4.90 Å². The molecule has 0 aromatic rings. The van der Waals surface area contributed by atoms with Crippen molar-refractivity contribution < 1.29 is 23.4 Å². The monoisotopic (exact) mass is 251 g/mol. The standard InChI is InChI=1S/C11H19F2NO3/c1-10(2,3)17-8-4-5-14(9(16)6-15)7-11(8,12)13/h8,15H,4-7H2,1-3H3/t8-/m0/s1. The summed E-state index contributed by atoms with van der Waals surface area (Å²) in [5, 5.41) is 8.64. The van der Waals surface area contributed by atoms with Crippen molar-refractivity contribution in [3.05, 3.63) is 0 Å². The molecule has 0 aromatic heterocycles. The van der Waals surface area contributed by atoms with Crippen molar-refractivity contribution in [1.82, 2.24) is 4.90 Å². The Bertz CT molecular complexity index is 289. The second-order valence-corrected chi connectivity index (χ2v) is 5.24. The summed E-state index contributed by atoms with van der Waals surface area (Å²) in [7, 11) is 0. The first kappa shape index (κ1) is 14.3. The molecule has 100 valence electrons. The Balaban J connectivity index is 2.67. The van der Waals surface area contributed by atoms with E-state index in [1.165, 1.54) is 0 Å². The highest BCUT2D eigenvalue weighted by atomic mass is 19.3. The van der Waals surface area contributed by atoms with Crippen LogP contribution in [0.4, 0.5) is 8.78 Å². The van der Waals surface area contributed by atoms with Gasteiger partial charge in [0.05, 0.1) is 12.1 Å². The quantitative estimate of drug-likeness (QED) is 0.797. The van der Waals surface area contributed by atoms with Gasteiger partial charge in [-0.05, 0) is 27.2 Å². The molecule has 1 N–H and O–H groups in total. The number of alkyl halides is 2. The molecule has 1 amide bonds. The zero-order chi connectivity index (χ0) is 13.3. The SMILES string of the molecule is CC(C)(C)O[C@H]1CCN(C(=O)CO)CC1(F)F. The third-order valence-electron chi connectivity index (χ3n) is 2.52. The Morgan fingerprint density at radius 2 is 2.12 bits per heavy atom. The molecule has 4 nitrogen and oxygen atoms in total. The van der Waals surface area contributed by atoms with Crippen molar-refractivity contribution in [3.8, 4) is 0 Å². The largest absolute Gasteiger partial charge is 0.387 e. The first-order valence-electron chi connectivity index (χ1n) is 5.60. The van der Waals surface area contributed by atoms with E-state index in [2.05, 4.69) is 0 Å². The minimum atomic E-state index is -3.07. The number of rotatable bonds is 2. The zero-order valence-corrected chi connectivity index (χ0v) is 10.4. The summed E-state index contributed by atoms with van der Waals surface area (Å²) in [6.07, 6.45) is -1.10. The summed E-state index contributed by atoms with van der Waals surface area (Å²) in [5.74, 6) is -3.74. The zero-order valence-electron chi connectivity index (χ0n) is 10.4. The summed E-state index contributed by atoms with van der Waals surface area (Å²) in [6.45, 7) is 3.92. The molecule has 0 saturated carbocycles. The molecular formula is C11H19F2NO3. The molecule has 0 unspecified atom stereocenters. The molecule has 1 heterocycles. The van der Waals surface area contributed by atoms with E-state index in [1.807, 2.05) is 0 Å². The summed E-state index contributed by atoms with van der Waals surface area (Å²) in [4.78, 5) is 12.1. The minimum absolute atomic E-state index is 0.0794. The molecule has 0 spiro atoms. The van der Waals surface area contributed by atoms with Gasteiger partial charge in [0.15, 0.2) is 0 Å². The predicted molar refractivity (Wildman–Crippen MR) is 57.9 cm³/mol. The predicted octanol–water partition coefficient (Wildman–Crippen LogP) is 1.03. The molecule has 0 bridgehead atoms. The Labute approximate surface area is 99.5 Å². The van der Waals surface area contributed by atoms with Gasteiger partial charge < -0.3 is 14.7 Å². The molecule has 1 fully saturated rings. The van der Waals surface area contributed by atoms with Crippen molar-refractivity contribution in [2.45, 2.75) is 44.8 Å². The van der Waals surface area contributed by atoms with Gasteiger partial charge in [0.25, 0.3) is 5.92 Å². The first-order valence-corrected chi connectivity index (χ1v) is 5.60. The van der Waals surface area contributed by atoms with E-state index in [0.29, 0.717) is 0 Å². The maximum atomic E-state index is 13.7. The van der Waals surface area contributed by atoms with Crippen LogP contribution in [0.3, 0.4) is 0 Å². The van der Waals surface area contributed by atoms with Crippen LogP contribution in [-0.4, -0.2) is 53.2 Å². The number of aliphatic hydroxyl groups excluding tert-OH is 1. The number of nitrogens with zero attached hydrogens (tertiary/aromatic N) is 1. The van der Waals surface area contributed by atoms with Crippen LogP contribution >= 0.6 is 0 Å².